The second kappa shape index (κ2) is 13.4. The third-order valence-corrected chi connectivity index (χ3v) is 8.47. The van der Waals surface area contributed by atoms with Crippen molar-refractivity contribution in [3.05, 3.63) is 65.2 Å². The van der Waals surface area contributed by atoms with Crippen molar-refractivity contribution in [2.75, 3.05) is 25.0 Å². The van der Waals surface area contributed by atoms with Crippen molar-refractivity contribution in [3.8, 4) is 17.1 Å². The van der Waals surface area contributed by atoms with E-state index in [2.05, 4.69) is 14.7 Å². The molecule has 4 bridgehead atoms. The lowest BCUT2D eigenvalue weighted by atomic mass is 10.00. The number of sulfonamides is 1. The van der Waals surface area contributed by atoms with Crippen LogP contribution >= 0.6 is 0 Å². The van der Waals surface area contributed by atoms with E-state index in [1.165, 1.54) is 41.4 Å². The number of aromatic nitrogens is 2. The van der Waals surface area contributed by atoms with Gasteiger partial charge in [0, 0.05) is 23.7 Å². The van der Waals surface area contributed by atoms with E-state index in [4.69, 9.17) is 9.47 Å². The highest BCUT2D eigenvalue weighted by molar-refractivity contribution is 7.92. The summed E-state index contributed by atoms with van der Waals surface area (Å²) in [6.45, 7) is 10.1. The second-order valence-corrected chi connectivity index (χ2v) is 12.7. The average molecular weight is 610 g/mol. The van der Waals surface area contributed by atoms with Crippen molar-refractivity contribution < 1.29 is 27.5 Å². The van der Waals surface area contributed by atoms with Gasteiger partial charge in [-0.2, -0.15) is 4.98 Å². The Kier molecular flexibility index (Phi) is 9.90. The molecule has 11 nitrogen and oxygen atoms in total. The molecule has 0 saturated carbocycles. The van der Waals surface area contributed by atoms with E-state index in [0.29, 0.717) is 18.5 Å². The molecule has 0 unspecified atom stereocenters. The maximum Gasteiger partial charge on any atom is 0.428 e. The third-order valence-electron chi connectivity index (χ3n) is 7.15. The van der Waals surface area contributed by atoms with Crippen molar-refractivity contribution in [3.63, 3.8) is 0 Å². The van der Waals surface area contributed by atoms with Crippen LogP contribution in [0.25, 0.3) is 11.3 Å². The lowest BCUT2D eigenvalue weighted by Gasteiger charge is -2.40. The number of amides is 2. The fourth-order valence-corrected chi connectivity index (χ4v) is 6.13. The van der Waals surface area contributed by atoms with Crippen LogP contribution in [0.5, 0.6) is 5.88 Å². The minimum absolute atomic E-state index is 0.0291. The Bertz CT molecular complexity index is 1570. The number of unbranched alkanes of at least 4 members (excludes halogenated alkanes) is 1. The molecular formula is C31H39N5O6S. The van der Waals surface area contributed by atoms with Gasteiger partial charge in [0.05, 0.1) is 23.7 Å². The molecule has 1 N–H and O–H groups in total. The summed E-state index contributed by atoms with van der Waals surface area (Å²) in [7, 11) is -2.95. The van der Waals surface area contributed by atoms with Crippen LogP contribution < -0.4 is 9.46 Å². The molecule has 0 saturated heterocycles. The summed E-state index contributed by atoms with van der Waals surface area (Å²) < 4.78 is 40.9. The number of hydrogen-bond acceptors (Lipinski definition) is 8. The van der Waals surface area contributed by atoms with Gasteiger partial charge in [-0.3, -0.25) is 4.79 Å². The molecule has 0 radical (unpaired) electrons. The summed E-state index contributed by atoms with van der Waals surface area (Å²) in [5.41, 5.74) is 3.29. The van der Waals surface area contributed by atoms with E-state index in [-0.39, 0.29) is 41.4 Å². The Balaban J connectivity index is 1.94. The minimum Gasteiger partial charge on any atom is -0.475 e. The van der Waals surface area contributed by atoms with Gasteiger partial charge in [0.1, 0.15) is 6.61 Å². The molecule has 12 heteroatoms. The van der Waals surface area contributed by atoms with Crippen LogP contribution in [-0.2, 0) is 14.8 Å². The van der Waals surface area contributed by atoms with Gasteiger partial charge in [-0.15, -0.1) is 0 Å². The molecule has 0 spiro atoms. The number of carbonyl (C=O) groups is 2. The number of hydrazine groups is 1. The van der Waals surface area contributed by atoms with Crippen LogP contribution in [0.4, 0.5) is 10.7 Å². The van der Waals surface area contributed by atoms with Gasteiger partial charge in [0.15, 0.2) is 0 Å². The summed E-state index contributed by atoms with van der Waals surface area (Å²) in [6, 6.07) is 12.5. The van der Waals surface area contributed by atoms with E-state index in [9.17, 15) is 18.0 Å². The van der Waals surface area contributed by atoms with Gasteiger partial charge in [-0.05, 0) is 61.9 Å². The molecule has 2 heterocycles. The Morgan fingerprint density at radius 2 is 1.84 bits per heavy atom. The highest BCUT2D eigenvalue weighted by atomic mass is 32.2. The van der Waals surface area contributed by atoms with Crippen molar-refractivity contribution in [1.29, 1.82) is 0 Å². The zero-order valence-electron chi connectivity index (χ0n) is 25.5. The minimum atomic E-state index is -4.21. The maximum absolute atomic E-state index is 14.2. The molecule has 2 aromatic carbocycles. The number of anilines is 1. The van der Waals surface area contributed by atoms with Crippen molar-refractivity contribution >= 4 is 28.0 Å². The van der Waals surface area contributed by atoms with Crippen LogP contribution in [0, 0.1) is 19.8 Å². The number of fused-ring (bicyclic) bond motifs is 4. The standard InChI is InChI=1S/C31H39N5O6S/c1-7-8-15-35(31(38)41-6)36-24(16-20(2)3)19-42-27-18-26(28-21(4)11-9-12-22(28)5)32-30(33-27)34-43(39,40)25-14-10-13-23(17-25)29(36)37/h9-14,17-18,20,24H,7-8,15-16,19H2,1-6H3,(H,32,33,34)/t24-/m1/s1. The highest BCUT2D eigenvalue weighted by Crippen LogP contribution is 2.30. The first-order valence-corrected chi connectivity index (χ1v) is 15.8. The molecule has 1 atom stereocenters. The molecule has 1 aliphatic heterocycles. The third kappa shape index (κ3) is 7.24. The highest BCUT2D eigenvalue weighted by Gasteiger charge is 2.35. The number of methoxy groups -OCH3 is 1. The summed E-state index contributed by atoms with van der Waals surface area (Å²) in [5.74, 6) is -0.482. The van der Waals surface area contributed by atoms with Gasteiger partial charge in [0.2, 0.25) is 11.8 Å². The molecule has 43 heavy (non-hydrogen) atoms. The zero-order chi connectivity index (χ0) is 31.3. The largest absolute Gasteiger partial charge is 0.475 e. The van der Waals surface area contributed by atoms with Crippen LogP contribution in [0.1, 0.15) is 61.5 Å². The van der Waals surface area contributed by atoms with Gasteiger partial charge in [-0.25, -0.2) is 32.9 Å². The summed E-state index contributed by atoms with van der Waals surface area (Å²) in [5, 5.41) is 2.64. The predicted octanol–water partition coefficient (Wildman–Crippen LogP) is 5.59. The average Bonchev–Trinajstić information content (AvgIpc) is 2.96. The molecule has 1 aromatic heterocycles. The normalized spacial score (nSPS) is 16.3. The molecule has 230 valence electrons. The van der Waals surface area contributed by atoms with E-state index in [1.54, 1.807) is 6.07 Å². The Labute approximate surface area is 253 Å². The van der Waals surface area contributed by atoms with Gasteiger partial charge >= 0.3 is 6.09 Å². The number of nitrogens with one attached hydrogen (secondary N) is 1. The number of carbonyl (C=O) groups excluding carboxylic acids is 2. The van der Waals surface area contributed by atoms with E-state index < -0.39 is 28.1 Å². The molecule has 2 amide bonds. The fraction of sp³-hybridized carbons (Fsp3) is 0.419. The van der Waals surface area contributed by atoms with Gasteiger partial charge < -0.3 is 9.47 Å². The lowest BCUT2D eigenvalue weighted by molar-refractivity contribution is -0.0432. The number of ether oxygens (including phenoxy) is 2. The second-order valence-electron chi connectivity index (χ2n) is 11.0. The SMILES string of the molecule is CCCCN(C(=O)OC)N1C(=O)c2cccc(c2)S(=O)(=O)Nc2nc(cc(-c3c(C)cccc3C)n2)OC[C@H]1CC(C)C. The van der Waals surface area contributed by atoms with E-state index in [0.717, 1.165) is 23.1 Å². The van der Waals surface area contributed by atoms with E-state index >= 15 is 0 Å². The monoisotopic (exact) mass is 609 g/mol. The first-order valence-electron chi connectivity index (χ1n) is 14.4. The van der Waals surface area contributed by atoms with Crippen LogP contribution in [0.2, 0.25) is 0 Å². The first-order chi connectivity index (χ1) is 20.4. The predicted molar refractivity (Wildman–Crippen MR) is 163 cm³/mol. The van der Waals surface area contributed by atoms with Crippen LogP contribution in [0.15, 0.2) is 53.4 Å². The topological polar surface area (TPSA) is 131 Å². The smallest absolute Gasteiger partial charge is 0.428 e. The summed E-state index contributed by atoms with van der Waals surface area (Å²) in [4.78, 5) is 36.1. The summed E-state index contributed by atoms with van der Waals surface area (Å²) >= 11 is 0. The number of benzene rings is 2. The molecule has 1 aliphatic rings. The van der Waals surface area contributed by atoms with E-state index in [1.807, 2.05) is 52.8 Å². The van der Waals surface area contributed by atoms with Crippen molar-refractivity contribution in [1.82, 2.24) is 20.0 Å². The number of nitrogens with zero attached hydrogens (tertiary/aromatic N) is 4. The molecule has 0 aliphatic carbocycles. The van der Waals surface area contributed by atoms with Crippen LogP contribution in [0.3, 0.4) is 0 Å². The molecular weight excluding hydrogens is 570 g/mol. The number of rotatable bonds is 7. The first kappa shape index (κ1) is 31.7. The fourth-order valence-electron chi connectivity index (χ4n) is 5.14. The Hall–Kier alpha value is -4.19. The van der Waals surface area contributed by atoms with Crippen LogP contribution in [-0.4, -0.2) is 66.7 Å². The number of hydrogen-bond donors (Lipinski definition) is 1. The maximum atomic E-state index is 14.2. The van der Waals surface area contributed by atoms with Crippen molar-refractivity contribution in [2.45, 2.75) is 64.8 Å². The molecule has 0 fully saturated rings. The summed E-state index contributed by atoms with van der Waals surface area (Å²) in [6.07, 6.45) is 1.15. The Morgan fingerprint density at radius 3 is 2.49 bits per heavy atom. The molecule has 3 aromatic rings. The van der Waals surface area contributed by atoms with Crippen molar-refractivity contribution in [2.24, 2.45) is 5.92 Å². The zero-order valence-corrected chi connectivity index (χ0v) is 26.3. The number of aryl methyl sites for hydroxylation is 2. The molecule has 4 rings (SSSR count). The van der Waals surface area contributed by atoms with Gasteiger partial charge in [0.25, 0.3) is 15.9 Å². The van der Waals surface area contributed by atoms with Gasteiger partial charge in [-0.1, -0.05) is 51.5 Å². The Morgan fingerprint density at radius 1 is 1.14 bits per heavy atom. The quantitative estimate of drug-likeness (QED) is 0.367. The lowest BCUT2D eigenvalue weighted by Crippen LogP contribution is -2.57.